The summed E-state index contributed by atoms with van der Waals surface area (Å²) in [6.07, 6.45) is -0.398. The first-order valence-electron chi connectivity index (χ1n) is 3.41. The van der Waals surface area contributed by atoms with Crippen molar-refractivity contribution < 1.29 is 17.3 Å². The van der Waals surface area contributed by atoms with Crippen molar-refractivity contribution in [2.24, 2.45) is 0 Å². The van der Waals surface area contributed by atoms with Gasteiger partial charge in [-0.1, -0.05) is 0 Å². The van der Waals surface area contributed by atoms with Crippen molar-refractivity contribution in [1.29, 1.82) is 0 Å². The van der Waals surface area contributed by atoms with Crippen molar-refractivity contribution in [3.05, 3.63) is 0 Å². The fourth-order valence-corrected chi connectivity index (χ4v) is 1.27. The molecule has 4 nitrogen and oxygen atoms in total. The van der Waals surface area contributed by atoms with Crippen molar-refractivity contribution in [1.82, 2.24) is 0 Å². The van der Waals surface area contributed by atoms with E-state index in [1.54, 1.807) is 6.92 Å². The quantitative estimate of drug-likeness (QED) is 0.577. The second-order valence-electron chi connectivity index (χ2n) is 2.21. The highest BCUT2D eigenvalue weighted by Gasteiger charge is 2.12. The Balaban J connectivity index is 3.84. The highest BCUT2D eigenvalue weighted by Crippen LogP contribution is 1.99. The van der Waals surface area contributed by atoms with Crippen molar-refractivity contribution >= 4 is 10.1 Å². The van der Waals surface area contributed by atoms with Crippen molar-refractivity contribution in [2.75, 3.05) is 19.5 Å². The van der Waals surface area contributed by atoms with Crippen molar-refractivity contribution in [2.45, 2.75) is 20.0 Å². The van der Waals surface area contributed by atoms with E-state index in [-0.39, 0.29) is 5.75 Å². The van der Waals surface area contributed by atoms with Gasteiger partial charge in [0.1, 0.15) is 0 Å². The first kappa shape index (κ1) is 10.9. The van der Waals surface area contributed by atoms with Gasteiger partial charge < -0.3 is 4.74 Å². The van der Waals surface area contributed by atoms with Gasteiger partial charge in [0.2, 0.25) is 0 Å². The molecule has 5 heteroatoms. The van der Waals surface area contributed by atoms with Gasteiger partial charge >= 0.3 is 0 Å². The van der Waals surface area contributed by atoms with E-state index in [4.69, 9.17) is 4.74 Å². The third-order valence-electron chi connectivity index (χ3n) is 1.07. The van der Waals surface area contributed by atoms with Gasteiger partial charge in [-0.2, -0.15) is 8.42 Å². The second kappa shape index (κ2) is 4.69. The maximum atomic E-state index is 10.8. The lowest BCUT2D eigenvalue weighted by Crippen LogP contribution is -2.20. The largest absolute Gasteiger partial charge is 0.382 e. The molecule has 0 amide bonds. The summed E-state index contributed by atoms with van der Waals surface area (Å²) in [7, 11) is -1.82. The van der Waals surface area contributed by atoms with Crippen LogP contribution < -0.4 is 0 Å². The van der Waals surface area contributed by atoms with Crippen LogP contribution in [0.1, 0.15) is 13.8 Å². The minimum atomic E-state index is -3.32. The van der Waals surface area contributed by atoms with Gasteiger partial charge in [-0.05, 0) is 13.8 Å². The van der Waals surface area contributed by atoms with Crippen LogP contribution in [0.15, 0.2) is 0 Å². The Bertz CT molecular complexity index is 185. The minimum absolute atomic E-state index is 0.00105. The third-order valence-corrected chi connectivity index (χ3v) is 2.39. The Morgan fingerprint density at radius 3 is 2.36 bits per heavy atom. The lowest BCUT2D eigenvalue weighted by Gasteiger charge is -2.09. The smallest absolute Gasteiger partial charge is 0.267 e. The SMILES string of the molecule is CCS(=O)(=O)OC(C)COC. The Labute approximate surface area is 67.6 Å². The maximum absolute atomic E-state index is 10.8. The molecule has 0 N–H and O–H groups in total. The summed E-state index contributed by atoms with van der Waals surface area (Å²) in [5.41, 5.74) is 0. The fraction of sp³-hybridized carbons (Fsp3) is 1.00. The van der Waals surface area contributed by atoms with Gasteiger partial charge in [-0.25, -0.2) is 0 Å². The Hall–Kier alpha value is -0.130. The number of methoxy groups -OCH3 is 1. The van der Waals surface area contributed by atoms with Crippen molar-refractivity contribution in [3.63, 3.8) is 0 Å². The van der Waals surface area contributed by atoms with E-state index in [1.165, 1.54) is 14.0 Å². The van der Waals surface area contributed by atoms with Gasteiger partial charge in [-0.3, -0.25) is 4.18 Å². The van der Waals surface area contributed by atoms with Crippen molar-refractivity contribution in [3.8, 4) is 0 Å². The Morgan fingerprint density at radius 1 is 1.45 bits per heavy atom. The third kappa shape index (κ3) is 5.17. The first-order chi connectivity index (χ1) is 5.02. The molecule has 68 valence electrons. The molecule has 0 spiro atoms. The predicted molar refractivity (Wildman–Crippen MR) is 41.9 cm³/mol. The molecule has 0 saturated heterocycles. The summed E-state index contributed by atoms with van der Waals surface area (Å²) < 4.78 is 31.0. The molecule has 0 aromatic heterocycles. The van der Waals surface area contributed by atoms with Crippen LogP contribution in [0.5, 0.6) is 0 Å². The number of ether oxygens (including phenoxy) is 1. The molecule has 1 atom stereocenters. The van der Waals surface area contributed by atoms with E-state index in [0.717, 1.165) is 0 Å². The van der Waals surface area contributed by atoms with E-state index >= 15 is 0 Å². The highest BCUT2D eigenvalue weighted by atomic mass is 32.2. The van der Waals surface area contributed by atoms with Gasteiger partial charge in [-0.15, -0.1) is 0 Å². The summed E-state index contributed by atoms with van der Waals surface area (Å²) in [5, 5.41) is 0. The van der Waals surface area contributed by atoms with Crippen LogP contribution in [0.3, 0.4) is 0 Å². The molecule has 0 saturated carbocycles. The molecular formula is C6H14O4S. The van der Waals surface area contributed by atoms with Crippen LogP contribution in [-0.4, -0.2) is 34.0 Å². The highest BCUT2D eigenvalue weighted by molar-refractivity contribution is 7.86. The normalized spacial score (nSPS) is 14.8. The lowest BCUT2D eigenvalue weighted by atomic mass is 10.5. The van der Waals surface area contributed by atoms with E-state index in [2.05, 4.69) is 4.18 Å². The lowest BCUT2D eigenvalue weighted by molar-refractivity contribution is 0.0964. The Morgan fingerprint density at radius 2 is 2.00 bits per heavy atom. The number of hydrogen-bond donors (Lipinski definition) is 0. The standard InChI is InChI=1S/C6H14O4S/c1-4-11(7,8)10-6(2)5-9-3/h6H,4-5H2,1-3H3. The molecule has 1 unspecified atom stereocenters. The van der Waals surface area contributed by atoms with Crippen LogP contribution in [0.4, 0.5) is 0 Å². The van der Waals surface area contributed by atoms with Crippen LogP contribution >= 0.6 is 0 Å². The van der Waals surface area contributed by atoms with Crippen LogP contribution in [-0.2, 0) is 19.0 Å². The van der Waals surface area contributed by atoms with E-state index in [1.807, 2.05) is 0 Å². The summed E-state index contributed by atoms with van der Waals surface area (Å²) in [4.78, 5) is 0. The summed E-state index contributed by atoms with van der Waals surface area (Å²) in [6.45, 7) is 3.48. The summed E-state index contributed by atoms with van der Waals surface area (Å²) >= 11 is 0. The van der Waals surface area contributed by atoms with E-state index in [9.17, 15) is 8.42 Å². The van der Waals surface area contributed by atoms with Gasteiger partial charge in [0.15, 0.2) is 0 Å². The monoisotopic (exact) mass is 182 g/mol. The molecule has 0 aliphatic rings. The molecular weight excluding hydrogens is 168 g/mol. The van der Waals surface area contributed by atoms with Crippen LogP contribution in [0.2, 0.25) is 0 Å². The van der Waals surface area contributed by atoms with Crippen LogP contribution in [0, 0.1) is 0 Å². The molecule has 0 aliphatic heterocycles. The molecule has 0 heterocycles. The van der Waals surface area contributed by atoms with E-state index in [0.29, 0.717) is 6.61 Å². The van der Waals surface area contributed by atoms with Gasteiger partial charge in [0.05, 0.1) is 18.5 Å². The van der Waals surface area contributed by atoms with Crippen LogP contribution in [0.25, 0.3) is 0 Å². The molecule has 0 rings (SSSR count). The Kier molecular flexibility index (Phi) is 4.63. The van der Waals surface area contributed by atoms with Gasteiger partial charge in [0, 0.05) is 7.11 Å². The number of rotatable bonds is 5. The average molecular weight is 182 g/mol. The average Bonchev–Trinajstić information content (AvgIpc) is 1.87. The maximum Gasteiger partial charge on any atom is 0.267 e. The van der Waals surface area contributed by atoms with Gasteiger partial charge in [0.25, 0.3) is 10.1 Å². The second-order valence-corrected chi connectivity index (χ2v) is 4.09. The molecule has 0 radical (unpaired) electrons. The minimum Gasteiger partial charge on any atom is -0.382 e. The zero-order valence-corrected chi connectivity index (χ0v) is 7.85. The summed E-state index contributed by atoms with van der Waals surface area (Å²) in [5.74, 6) is 0.00105. The number of hydrogen-bond acceptors (Lipinski definition) is 4. The molecule has 0 aliphatic carbocycles. The molecule has 0 bridgehead atoms. The molecule has 11 heavy (non-hydrogen) atoms. The topological polar surface area (TPSA) is 52.6 Å². The zero-order valence-electron chi connectivity index (χ0n) is 7.03. The molecule has 0 aromatic carbocycles. The van der Waals surface area contributed by atoms with E-state index < -0.39 is 16.2 Å². The predicted octanol–water partition coefficient (Wildman–Crippen LogP) is 0.388. The fourth-order valence-electron chi connectivity index (χ4n) is 0.581. The zero-order chi connectivity index (χ0) is 8.91. The molecule has 0 fully saturated rings. The molecule has 0 aromatic rings. The summed E-state index contributed by atoms with van der Waals surface area (Å²) in [6, 6.07) is 0. The first-order valence-corrected chi connectivity index (χ1v) is 4.99.